The molecule has 1 radical (unpaired) electrons. The maximum Gasteiger partial charge on any atom is 0.223 e. The van der Waals surface area contributed by atoms with E-state index in [4.69, 9.17) is 0 Å². The second-order valence-electron chi connectivity index (χ2n) is 9.56. The van der Waals surface area contributed by atoms with Crippen LogP contribution in [0.4, 0.5) is 5.95 Å². The number of aliphatic hydroxyl groups is 1. The monoisotopic (exact) mass is 426 g/mol. The molecule has 1 saturated carbocycles. The van der Waals surface area contributed by atoms with E-state index in [-0.39, 0.29) is 6.84 Å². The van der Waals surface area contributed by atoms with Crippen molar-refractivity contribution in [2.24, 2.45) is 5.41 Å². The molecule has 0 atom stereocenters. The lowest BCUT2D eigenvalue weighted by molar-refractivity contribution is -0.0103. The number of hydrogen-bond acceptors (Lipinski definition) is 4. The van der Waals surface area contributed by atoms with Crippen molar-refractivity contribution in [1.29, 1.82) is 0 Å². The fraction of sp³-hybridized carbons (Fsp3) is 0.593. The van der Waals surface area contributed by atoms with Crippen LogP contribution in [0.1, 0.15) is 87.1 Å². The number of hydrogen-bond donors (Lipinski definition) is 2. The van der Waals surface area contributed by atoms with Crippen molar-refractivity contribution in [3.05, 3.63) is 48.0 Å². The van der Waals surface area contributed by atoms with E-state index in [1.165, 1.54) is 49.7 Å². The van der Waals surface area contributed by atoms with Crippen molar-refractivity contribution in [2.45, 2.75) is 98.6 Å². The van der Waals surface area contributed by atoms with Gasteiger partial charge in [0.05, 0.1) is 11.1 Å². The Labute approximate surface area is 191 Å². The number of allylic oxidation sites excluding steroid dienone is 1. The van der Waals surface area contributed by atoms with E-state index in [0.29, 0.717) is 6.04 Å². The molecular formula is C27H44N3O. The average Bonchev–Trinajstić information content (AvgIpc) is 3.58. The fourth-order valence-corrected chi connectivity index (χ4v) is 3.64. The lowest BCUT2D eigenvalue weighted by Crippen LogP contribution is -2.38. The summed E-state index contributed by atoms with van der Waals surface area (Å²) in [5.41, 5.74) is 2.83. The molecule has 4 rings (SSSR count). The summed E-state index contributed by atoms with van der Waals surface area (Å²) in [5, 5.41) is 14.3. The number of aryl methyl sites for hydroxylation is 1. The van der Waals surface area contributed by atoms with E-state index in [2.05, 4.69) is 66.8 Å². The van der Waals surface area contributed by atoms with Gasteiger partial charge in [-0.25, -0.2) is 9.97 Å². The minimum absolute atomic E-state index is 0. The summed E-state index contributed by atoms with van der Waals surface area (Å²) in [6, 6.07) is 6.85. The van der Waals surface area contributed by atoms with Gasteiger partial charge < -0.3 is 10.4 Å². The molecule has 0 bridgehead atoms. The predicted molar refractivity (Wildman–Crippen MR) is 135 cm³/mol. The number of nitrogens with zero attached hydrogens (tertiary/aromatic N) is 2. The standard InChI is InChI=1S/C16H21N3.C9H15O.C2H6.H2/c1-12-8-9-15-13(10-12)11-17-16(19-15)18-14-6-4-2-3-5-7-14;1-8(2,7-5-6-7)9(3,4)10;1-2;/h8-11,14H,2-7H2,1H3,(H,17,18,19);5-6,10H,1-4H3;1-2H3;1H. The summed E-state index contributed by atoms with van der Waals surface area (Å²) in [6.07, 6.45) is 13.9. The number of rotatable bonds is 4. The summed E-state index contributed by atoms with van der Waals surface area (Å²) < 4.78 is 0. The van der Waals surface area contributed by atoms with Crippen LogP contribution in [0.5, 0.6) is 0 Å². The zero-order valence-electron chi connectivity index (χ0n) is 20.6. The Bertz CT molecular complexity index is 863. The van der Waals surface area contributed by atoms with Crippen molar-refractivity contribution in [2.75, 3.05) is 5.32 Å². The van der Waals surface area contributed by atoms with E-state index in [1.807, 2.05) is 33.9 Å². The Morgan fingerprint density at radius 2 is 1.65 bits per heavy atom. The van der Waals surface area contributed by atoms with Gasteiger partial charge in [-0.05, 0) is 45.7 Å². The summed E-state index contributed by atoms with van der Waals surface area (Å²) in [7, 11) is 0. The van der Waals surface area contributed by atoms with Crippen molar-refractivity contribution in [3.8, 4) is 0 Å². The van der Waals surface area contributed by atoms with Gasteiger partial charge >= 0.3 is 0 Å². The second kappa shape index (κ2) is 11.1. The summed E-state index contributed by atoms with van der Waals surface area (Å²) in [5.74, 6) is 0.781. The molecule has 2 aliphatic rings. The Balaban J connectivity index is 0.000000337. The van der Waals surface area contributed by atoms with Gasteiger partial charge in [-0.2, -0.15) is 0 Å². The van der Waals surface area contributed by atoms with Gasteiger partial charge in [-0.1, -0.05) is 76.7 Å². The van der Waals surface area contributed by atoms with E-state index in [0.717, 1.165) is 16.9 Å². The van der Waals surface area contributed by atoms with Gasteiger partial charge in [0.25, 0.3) is 0 Å². The van der Waals surface area contributed by atoms with Crippen LogP contribution in [0.15, 0.2) is 36.0 Å². The van der Waals surface area contributed by atoms with Gasteiger partial charge in [0.1, 0.15) is 0 Å². The highest BCUT2D eigenvalue weighted by Gasteiger charge is 2.41. The third kappa shape index (κ3) is 7.31. The number of nitrogens with one attached hydrogen (secondary N) is 1. The SMILES string of the molecule is CC.CC(C)(O)C(C)(C)C1=C[CH]1.Cc1ccc2nc(NC3CCCCCC3)ncc2c1.[HH]. The third-order valence-electron chi connectivity index (χ3n) is 6.51. The molecule has 1 heterocycles. The van der Waals surface area contributed by atoms with Crippen LogP contribution < -0.4 is 5.32 Å². The molecule has 0 spiro atoms. The molecule has 4 nitrogen and oxygen atoms in total. The van der Waals surface area contributed by atoms with E-state index < -0.39 is 5.60 Å². The molecule has 1 aromatic carbocycles. The number of fused-ring (bicyclic) bond motifs is 1. The Morgan fingerprint density at radius 1 is 1.03 bits per heavy atom. The van der Waals surface area contributed by atoms with Crippen molar-refractivity contribution in [1.82, 2.24) is 9.97 Å². The highest BCUT2D eigenvalue weighted by atomic mass is 16.3. The van der Waals surface area contributed by atoms with Crippen molar-refractivity contribution < 1.29 is 6.53 Å². The largest absolute Gasteiger partial charge is 0.390 e. The highest BCUT2D eigenvalue weighted by molar-refractivity contribution is 5.79. The average molecular weight is 427 g/mol. The molecule has 0 unspecified atom stereocenters. The fourth-order valence-electron chi connectivity index (χ4n) is 3.64. The number of aromatic nitrogens is 2. The van der Waals surface area contributed by atoms with Gasteiger partial charge in [0.15, 0.2) is 0 Å². The molecule has 1 aromatic heterocycles. The summed E-state index contributed by atoms with van der Waals surface area (Å²) in [6.45, 7) is 13.9. The molecule has 0 aliphatic heterocycles. The van der Waals surface area contributed by atoms with Crippen LogP contribution in [-0.2, 0) is 0 Å². The van der Waals surface area contributed by atoms with Gasteiger partial charge in [0.2, 0.25) is 5.95 Å². The quantitative estimate of drug-likeness (QED) is 0.505. The van der Waals surface area contributed by atoms with Crippen molar-refractivity contribution in [3.63, 3.8) is 0 Å². The van der Waals surface area contributed by atoms with Crippen LogP contribution in [0.3, 0.4) is 0 Å². The molecular weight excluding hydrogens is 382 g/mol. The lowest BCUT2D eigenvalue weighted by atomic mass is 9.75. The molecule has 2 N–H and O–H groups in total. The van der Waals surface area contributed by atoms with Crippen molar-refractivity contribution >= 4 is 16.9 Å². The molecule has 1 fully saturated rings. The van der Waals surface area contributed by atoms with Crippen LogP contribution in [0.25, 0.3) is 10.9 Å². The predicted octanol–water partition coefficient (Wildman–Crippen LogP) is 7.27. The van der Waals surface area contributed by atoms with E-state index >= 15 is 0 Å². The van der Waals surface area contributed by atoms with E-state index in [1.54, 1.807) is 0 Å². The molecule has 0 amide bonds. The number of benzene rings is 1. The maximum atomic E-state index is 9.70. The number of anilines is 1. The molecule has 0 saturated heterocycles. The lowest BCUT2D eigenvalue weighted by Gasteiger charge is -2.35. The minimum Gasteiger partial charge on any atom is -0.390 e. The van der Waals surface area contributed by atoms with Crippen LogP contribution in [0, 0.1) is 18.8 Å². The Kier molecular flexibility index (Phi) is 9.05. The molecule has 2 aliphatic carbocycles. The van der Waals surface area contributed by atoms with Crippen LogP contribution >= 0.6 is 0 Å². The minimum atomic E-state index is -0.619. The third-order valence-corrected chi connectivity index (χ3v) is 6.51. The molecule has 31 heavy (non-hydrogen) atoms. The normalized spacial score (nSPS) is 16.8. The zero-order chi connectivity index (χ0) is 23.1. The topological polar surface area (TPSA) is 58.0 Å². The Morgan fingerprint density at radius 3 is 2.16 bits per heavy atom. The first-order chi connectivity index (χ1) is 14.7. The summed E-state index contributed by atoms with van der Waals surface area (Å²) in [4.78, 5) is 9.07. The van der Waals surface area contributed by atoms with Crippen LogP contribution in [0.2, 0.25) is 0 Å². The van der Waals surface area contributed by atoms with E-state index in [9.17, 15) is 5.11 Å². The smallest absolute Gasteiger partial charge is 0.223 e. The van der Waals surface area contributed by atoms with Gasteiger partial charge in [0, 0.05) is 30.9 Å². The Hall–Kier alpha value is -1.94. The van der Waals surface area contributed by atoms with Gasteiger partial charge in [-0.3, -0.25) is 0 Å². The first kappa shape index (κ1) is 25.3. The molecule has 2 aromatic rings. The molecule has 4 heteroatoms. The first-order valence-corrected chi connectivity index (χ1v) is 11.9. The highest BCUT2D eigenvalue weighted by Crippen LogP contribution is 2.44. The van der Waals surface area contributed by atoms with Crippen LogP contribution in [-0.4, -0.2) is 26.7 Å². The second-order valence-corrected chi connectivity index (χ2v) is 9.56. The first-order valence-electron chi connectivity index (χ1n) is 11.9. The van der Waals surface area contributed by atoms with Gasteiger partial charge in [-0.15, -0.1) is 0 Å². The maximum absolute atomic E-state index is 9.70. The zero-order valence-corrected chi connectivity index (χ0v) is 20.6. The summed E-state index contributed by atoms with van der Waals surface area (Å²) >= 11 is 0. The molecule has 173 valence electrons.